The summed E-state index contributed by atoms with van der Waals surface area (Å²) in [4.78, 5) is 6.81. The minimum Gasteiger partial charge on any atom is -0.392 e. The highest BCUT2D eigenvalue weighted by Gasteiger charge is 2.22. The second kappa shape index (κ2) is 10.7. The van der Waals surface area contributed by atoms with Crippen molar-refractivity contribution in [2.75, 3.05) is 42.6 Å². The van der Waals surface area contributed by atoms with Gasteiger partial charge in [0.1, 0.15) is 0 Å². The number of para-hydroxylation sites is 1. The van der Waals surface area contributed by atoms with E-state index in [0.29, 0.717) is 17.6 Å². The molecule has 2 aromatic carbocycles. The van der Waals surface area contributed by atoms with Crippen molar-refractivity contribution < 1.29 is 13.5 Å². The number of fused-ring (bicyclic) bond motifs is 1. The number of hydrogen-bond acceptors (Lipinski definition) is 7. The molecule has 0 saturated carbocycles. The SMILES string of the molecule is CC(O)CN1CCC(c2ccc(Nc3ncc4ccc(-c5ccccc5N(C)S(C)(=O)=O)n4n3)cc2)CC1. The predicted octanol–water partition coefficient (Wildman–Crippen LogP) is 4.10. The van der Waals surface area contributed by atoms with Gasteiger partial charge in [-0.3, -0.25) is 4.31 Å². The summed E-state index contributed by atoms with van der Waals surface area (Å²) in [5, 5.41) is 17.7. The van der Waals surface area contributed by atoms with Gasteiger partial charge < -0.3 is 15.3 Å². The second-order valence-electron chi connectivity index (χ2n) is 10.1. The van der Waals surface area contributed by atoms with Crippen molar-refractivity contribution in [1.29, 1.82) is 0 Å². The summed E-state index contributed by atoms with van der Waals surface area (Å²) in [7, 11) is -1.87. The first-order chi connectivity index (χ1) is 18.2. The van der Waals surface area contributed by atoms with E-state index in [2.05, 4.69) is 39.5 Å². The number of aliphatic hydroxyl groups excluding tert-OH is 1. The van der Waals surface area contributed by atoms with Crippen LogP contribution in [0.3, 0.4) is 0 Å². The van der Waals surface area contributed by atoms with Crippen LogP contribution >= 0.6 is 0 Å². The van der Waals surface area contributed by atoms with Gasteiger partial charge in [0.25, 0.3) is 0 Å². The number of sulfonamides is 1. The summed E-state index contributed by atoms with van der Waals surface area (Å²) in [6.45, 7) is 4.59. The fraction of sp³-hybridized carbons (Fsp3) is 0.357. The fourth-order valence-electron chi connectivity index (χ4n) is 5.10. The standard InChI is InChI=1S/C28H34N6O3S/c1-20(35)19-33-16-14-22(15-17-33)21-8-10-23(11-9-21)30-28-29-18-24-12-13-27(34(24)31-28)25-6-4-5-7-26(25)32(2)38(3,36)37/h4-13,18,20,22,35H,14-17,19H2,1-3H3,(H,30,31). The average Bonchev–Trinajstić information content (AvgIpc) is 3.31. The van der Waals surface area contributed by atoms with Gasteiger partial charge in [-0.05, 0) is 74.7 Å². The van der Waals surface area contributed by atoms with E-state index in [-0.39, 0.29) is 6.10 Å². The molecule has 1 atom stereocenters. The van der Waals surface area contributed by atoms with E-state index < -0.39 is 10.0 Å². The lowest BCUT2D eigenvalue weighted by molar-refractivity contribution is 0.109. The predicted molar refractivity (Wildman–Crippen MR) is 151 cm³/mol. The summed E-state index contributed by atoms with van der Waals surface area (Å²) in [5.74, 6) is 0.970. The average molecular weight is 535 g/mol. The Morgan fingerprint density at radius 2 is 1.79 bits per heavy atom. The van der Waals surface area contributed by atoms with Gasteiger partial charge in [0.05, 0.1) is 35.5 Å². The molecule has 1 saturated heterocycles. The molecule has 0 amide bonds. The molecular formula is C28H34N6O3S. The number of aromatic nitrogens is 3. The molecule has 1 unspecified atom stereocenters. The van der Waals surface area contributed by atoms with Crippen molar-refractivity contribution in [2.45, 2.75) is 31.8 Å². The van der Waals surface area contributed by atoms with Crippen LogP contribution in [0, 0.1) is 0 Å². The summed E-state index contributed by atoms with van der Waals surface area (Å²) in [6, 6.07) is 19.6. The van der Waals surface area contributed by atoms with Crippen molar-refractivity contribution in [3.63, 3.8) is 0 Å². The summed E-state index contributed by atoms with van der Waals surface area (Å²) in [6.07, 6.45) is 4.83. The van der Waals surface area contributed by atoms with Gasteiger partial charge >= 0.3 is 0 Å². The normalized spacial score (nSPS) is 16.0. The first-order valence-corrected chi connectivity index (χ1v) is 14.7. The molecule has 1 aliphatic heterocycles. The summed E-state index contributed by atoms with van der Waals surface area (Å²) in [5.41, 5.74) is 5.13. The first kappa shape index (κ1) is 26.1. The van der Waals surface area contributed by atoms with Crippen molar-refractivity contribution >= 4 is 32.9 Å². The molecule has 0 aliphatic carbocycles. The lowest BCUT2D eigenvalue weighted by Gasteiger charge is -2.32. The molecule has 2 aromatic heterocycles. The van der Waals surface area contributed by atoms with Gasteiger partial charge in [0.15, 0.2) is 0 Å². The van der Waals surface area contributed by atoms with Crippen LogP contribution in [-0.2, 0) is 10.0 Å². The molecule has 1 fully saturated rings. The molecule has 10 heteroatoms. The number of hydrogen-bond donors (Lipinski definition) is 2. The number of likely N-dealkylation sites (tertiary alicyclic amines) is 1. The van der Waals surface area contributed by atoms with E-state index in [9.17, 15) is 13.5 Å². The monoisotopic (exact) mass is 534 g/mol. The Balaban J connectivity index is 1.34. The van der Waals surface area contributed by atoms with Gasteiger partial charge in [-0.15, -0.1) is 5.10 Å². The van der Waals surface area contributed by atoms with E-state index in [4.69, 9.17) is 5.10 Å². The van der Waals surface area contributed by atoms with Crippen LogP contribution in [0.15, 0.2) is 66.9 Å². The third kappa shape index (κ3) is 5.67. The zero-order chi connectivity index (χ0) is 26.9. The van der Waals surface area contributed by atoms with Crippen molar-refractivity contribution in [3.05, 3.63) is 72.4 Å². The zero-order valence-electron chi connectivity index (χ0n) is 21.9. The summed E-state index contributed by atoms with van der Waals surface area (Å²) < 4.78 is 27.5. The van der Waals surface area contributed by atoms with Crippen LogP contribution in [0.5, 0.6) is 0 Å². The Kier molecular flexibility index (Phi) is 7.38. The Morgan fingerprint density at radius 1 is 1.08 bits per heavy atom. The molecule has 5 rings (SSSR count). The number of benzene rings is 2. The number of anilines is 3. The molecule has 0 bridgehead atoms. The Hall–Kier alpha value is -3.47. The molecule has 38 heavy (non-hydrogen) atoms. The topological polar surface area (TPSA) is 103 Å². The molecule has 4 aromatic rings. The van der Waals surface area contributed by atoms with Crippen LogP contribution in [-0.4, -0.2) is 72.1 Å². The maximum Gasteiger partial charge on any atom is 0.245 e. The largest absolute Gasteiger partial charge is 0.392 e. The van der Waals surface area contributed by atoms with Gasteiger partial charge in [0, 0.05) is 24.8 Å². The van der Waals surface area contributed by atoms with Crippen molar-refractivity contribution in [2.24, 2.45) is 0 Å². The van der Waals surface area contributed by atoms with E-state index in [1.807, 2.05) is 37.3 Å². The van der Waals surface area contributed by atoms with Gasteiger partial charge in [0.2, 0.25) is 16.0 Å². The van der Waals surface area contributed by atoms with Crippen LogP contribution in [0.25, 0.3) is 16.8 Å². The second-order valence-corrected chi connectivity index (χ2v) is 12.1. The molecule has 0 spiro atoms. The van der Waals surface area contributed by atoms with Gasteiger partial charge in [-0.2, -0.15) is 0 Å². The van der Waals surface area contributed by atoms with E-state index in [0.717, 1.165) is 54.9 Å². The highest BCUT2D eigenvalue weighted by atomic mass is 32.2. The Labute approximate surface area is 223 Å². The molecule has 2 N–H and O–H groups in total. The van der Waals surface area contributed by atoms with E-state index in [1.165, 1.54) is 16.1 Å². The quantitative estimate of drug-likeness (QED) is 0.351. The fourth-order valence-corrected chi connectivity index (χ4v) is 5.61. The van der Waals surface area contributed by atoms with Crippen LogP contribution in [0.4, 0.5) is 17.3 Å². The molecule has 9 nitrogen and oxygen atoms in total. The van der Waals surface area contributed by atoms with E-state index in [1.54, 1.807) is 23.8 Å². The lowest BCUT2D eigenvalue weighted by Crippen LogP contribution is -2.37. The van der Waals surface area contributed by atoms with E-state index >= 15 is 0 Å². The lowest BCUT2D eigenvalue weighted by atomic mass is 9.89. The third-order valence-corrected chi connectivity index (χ3v) is 8.36. The Bertz CT molecular complexity index is 1510. The minimum absolute atomic E-state index is 0.287. The van der Waals surface area contributed by atoms with Crippen molar-refractivity contribution in [3.8, 4) is 11.3 Å². The number of nitrogens with zero attached hydrogens (tertiary/aromatic N) is 5. The van der Waals surface area contributed by atoms with Crippen LogP contribution in [0.2, 0.25) is 0 Å². The zero-order valence-corrected chi connectivity index (χ0v) is 22.8. The highest BCUT2D eigenvalue weighted by Crippen LogP contribution is 2.33. The van der Waals surface area contributed by atoms with Gasteiger partial charge in [-0.25, -0.2) is 17.9 Å². The number of rotatable bonds is 8. The maximum atomic E-state index is 12.2. The van der Waals surface area contributed by atoms with Crippen LogP contribution < -0.4 is 9.62 Å². The number of β-amino-alcohol motifs (C(OH)–C–C–N with tert-alkyl or cyclic N) is 1. The number of piperidine rings is 1. The molecule has 200 valence electrons. The first-order valence-electron chi connectivity index (χ1n) is 12.8. The Morgan fingerprint density at radius 3 is 2.47 bits per heavy atom. The van der Waals surface area contributed by atoms with Crippen LogP contribution in [0.1, 0.15) is 31.2 Å². The smallest absolute Gasteiger partial charge is 0.245 e. The highest BCUT2D eigenvalue weighted by molar-refractivity contribution is 7.92. The maximum absolute atomic E-state index is 12.2. The molecule has 3 heterocycles. The number of aliphatic hydroxyl groups is 1. The van der Waals surface area contributed by atoms with Crippen molar-refractivity contribution in [1.82, 2.24) is 19.5 Å². The molecule has 1 aliphatic rings. The summed E-state index contributed by atoms with van der Waals surface area (Å²) >= 11 is 0. The molecular weight excluding hydrogens is 500 g/mol. The molecule has 0 radical (unpaired) electrons. The third-order valence-electron chi connectivity index (χ3n) is 7.16. The minimum atomic E-state index is -3.42. The van der Waals surface area contributed by atoms with Gasteiger partial charge in [-0.1, -0.05) is 30.3 Å². The number of nitrogens with one attached hydrogen (secondary N) is 1.